The van der Waals surface area contributed by atoms with Gasteiger partial charge in [-0.15, -0.1) is 0 Å². The lowest BCUT2D eigenvalue weighted by molar-refractivity contribution is 0.953. The highest BCUT2D eigenvalue weighted by atomic mass is 15.2. The van der Waals surface area contributed by atoms with Crippen molar-refractivity contribution >= 4 is 43.6 Å². The monoisotopic (exact) mass is 867 g/mol. The molecule has 318 valence electrons. The molecule has 13 rings (SSSR count). The van der Waals surface area contributed by atoms with Gasteiger partial charge in [-0.05, 0) is 81.4 Å². The molecule has 0 bridgehead atoms. The molecule has 0 aliphatic carbocycles. The summed E-state index contributed by atoms with van der Waals surface area (Å²) in [5, 5.41) is 4.63. The van der Waals surface area contributed by atoms with Gasteiger partial charge in [0.1, 0.15) is 0 Å². The van der Waals surface area contributed by atoms with Crippen molar-refractivity contribution in [1.29, 1.82) is 0 Å². The van der Waals surface area contributed by atoms with E-state index in [4.69, 9.17) is 15.0 Å². The number of hydrogen-bond acceptors (Lipinski definition) is 3. The van der Waals surface area contributed by atoms with Crippen molar-refractivity contribution in [2.45, 2.75) is 0 Å². The van der Waals surface area contributed by atoms with E-state index >= 15 is 0 Å². The van der Waals surface area contributed by atoms with Crippen LogP contribution in [0, 0.1) is 0 Å². The van der Waals surface area contributed by atoms with Crippen molar-refractivity contribution in [2.24, 2.45) is 0 Å². The van der Waals surface area contributed by atoms with Crippen LogP contribution in [0.25, 0.3) is 123 Å². The van der Waals surface area contributed by atoms with E-state index in [2.05, 4.69) is 246 Å². The van der Waals surface area contributed by atoms with Crippen LogP contribution in [0.1, 0.15) is 0 Å². The molecule has 0 unspecified atom stereocenters. The number of para-hydroxylation sites is 2. The average Bonchev–Trinajstić information content (AvgIpc) is 3.94. The quantitative estimate of drug-likeness (QED) is 0.153. The Kier molecular flexibility index (Phi) is 9.43. The van der Waals surface area contributed by atoms with E-state index in [0.29, 0.717) is 17.6 Å². The van der Waals surface area contributed by atoms with Gasteiger partial charge in [-0.2, -0.15) is 9.97 Å². The first kappa shape index (κ1) is 39.2. The van der Waals surface area contributed by atoms with Crippen molar-refractivity contribution in [3.63, 3.8) is 0 Å². The summed E-state index contributed by atoms with van der Waals surface area (Å²) in [6.07, 6.45) is 0. The highest BCUT2D eigenvalue weighted by molar-refractivity contribution is 6.29. The minimum Gasteiger partial charge on any atom is -0.309 e. The van der Waals surface area contributed by atoms with Crippen LogP contribution in [-0.4, -0.2) is 24.1 Å². The number of hydrogen-bond donors (Lipinski definition) is 0. The van der Waals surface area contributed by atoms with Crippen molar-refractivity contribution in [1.82, 2.24) is 24.1 Å². The first-order valence-corrected chi connectivity index (χ1v) is 23.0. The lowest BCUT2D eigenvalue weighted by Gasteiger charge is -2.16. The second kappa shape index (κ2) is 16.4. The Bertz CT molecular complexity index is 3990. The SMILES string of the molecule is c1ccc(-c2ccc(-c3nc(-c4cccc(-c5ccccc5)c4)nc(-n4c5ccccc5c5c6c7ccccc7n(-c7ccc(-c8ccccc8)cc7-c7ccccc7)c6ccc54)n3)cc2)cc1. The Labute approximate surface area is 393 Å². The second-order valence-corrected chi connectivity index (χ2v) is 17.2. The Hall–Kier alpha value is -9.19. The lowest BCUT2D eigenvalue weighted by Crippen LogP contribution is -2.06. The number of fused-ring (bicyclic) bond motifs is 7. The molecule has 3 aromatic heterocycles. The van der Waals surface area contributed by atoms with Crippen LogP contribution in [0.5, 0.6) is 0 Å². The van der Waals surface area contributed by atoms with Crippen LogP contribution >= 0.6 is 0 Å². The summed E-state index contributed by atoms with van der Waals surface area (Å²) in [5.41, 5.74) is 16.4. The number of aromatic nitrogens is 5. The summed E-state index contributed by atoms with van der Waals surface area (Å²) in [6, 6.07) is 88.2. The van der Waals surface area contributed by atoms with E-state index < -0.39 is 0 Å². The zero-order valence-electron chi connectivity index (χ0n) is 36.9. The molecule has 68 heavy (non-hydrogen) atoms. The third kappa shape index (κ3) is 6.68. The minimum absolute atomic E-state index is 0.555. The third-order valence-corrected chi connectivity index (χ3v) is 13.2. The first-order chi connectivity index (χ1) is 33.7. The first-order valence-electron chi connectivity index (χ1n) is 23.0. The molecule has 0 saturated carbocycles. The number of nitrogens with zero attached hydrogens (tertiary/aromatic N) is 5. The molecule has 0 spiro atoms. The van der Waals surface area contributed by atoms with Gasteiger partial charge in [0.2, 0.25) is 5.95 Å². The molecule has 5 nitrogen and oxygen atoms in total. The Morgan fingerprint density at radius 2 is 0.662 bits per heavy atom. The number of rotatable bonds is 8. The van der Waals surface area contributed by atoms with Gasteiger partial charge in [-0.3, -0.25) is 4.57 Å². The predicted molar refractivity (Wildman–Crippen MR) is 281 cm³/mol. The maximum Gasteiger partial charge on any atom is 0.238 e. The Morgan fingerprint density at radius 1 is 0.250 bits per heavy atom. The van der Waals surface area contributed by atoms with Gasteiger partial charge in [0.05, 0.1) is 27.8 Å². The molecule has 10 aromatic carbocycles. The molecule has 0 aliphatic heterocycles. The molecule has 0 amide bonds. The maximum absolute atomic E-state index is 5.38. The summed E-state index contributed by atoms with van der Waals surface area (Å²) in [7, 11) is 0. The highest BCUT2D eigenvalue weighted by Crippen LogP contribution is 2.44. The van der Waals surface area contributed by atoms with E-state index in [-0.39, 0.29) is 0 Å². The standard InChI is InChI=1S/C63H41N5/c1-5-18-42(19-6-1)45-32-34-47(35-33-45)61-64-62(50-27-17-26-48(40-50)43-20-7-2-8-21-43)66-63(65-61)68-55-31-16-14-29-52(55)60-58(68)39-38-57-59(60)51-28-13-15-30-54(51)67(57)56-37-36-49(44-22-9-3-10-23-44)41-53(56)46-24-11-4-12-25-46/h1-41H. The minimum atomic E-state index is 0.555. The Morgan fingerprint density at radius 3 is 1.26 bits per heavy atom. The van der Waals surface area contributed by atoms with E-state index in [1.165, 1.54) is 21.9 Å². The van der Waals surface area contributed by atoms with Gasteiger partial charge >= 0.3 is 0 Å². The van der Waals surface area contributed by atoms with E-state index in [0.717, 1.165) is 83.0 Å². The largest absolute Gasteiger partial charge is 0.309 e. The topological polar surface area (TPSA) is 48.5 Å². The van der Waals surface area contributed by atoms with E-state index in [1.807, 2.05) is 12.1 Å². The summed E-state index contributed by atoms with van der Waals surface area (Å²) in [5.74, 6) is 1.76. The smallest absolute Gasteiger partial charge is 0.238 e. The van der Waals surface area contributed by atoms with Crippen LogP contribution in [-0.2, 0) is 0 Å². The molecule has 0 N–H and O–H groups in total. The van der Waals surface area contributed by atoms with Gasteiger partial charge < -0.3 is 4.57 Å². The van der Waals surface area contributed by atoms with Crippen molar-refractivity contribution in [3.8, 4) is 78.9 Å². The predicted octanol–water partition coefficient (Wildman–Crippen LogP) is 16.1. The maximum atomic E-state index is 5.38. The molecule has 13 aromatic rings. The molecule has 0 aliphatic rings. The summed E-state index contributed by atoms with van der Waals surface area (Å²) in [4.78, 5) is 16.0. The van der Waals surface area contributed by atoms with Gasteiger partial charge in [0.15, 0.2) is 11.6 Å². The van der Waals surface area contributed by atoms with Crippen LogP contribution in [0.3, 0.4) is 0 Å². The van der Waals surface area contributed by atoms with E-state index in [1.54, 1.807) is 0 Å². The Balaban J connectivity index is 1.05. The molecule has 0 saturated heterocycles. The van der Waals surface area contributed by atoms with E-state index in [9.17, 15) is 0 Å². The van der Waals surface area contributed by atoms with Gasteiger partial charge in [0.25, 0.3) is 0 Å². The van der Waals surface area contributed by atoms with Crippen molar-refractivity contribution in [3.05, 3.63) is 249 Å². The van der Waals surface area contributed by atoms with Crippen LogP contribution in [0.4, 0.5) is 0 Å². The fraction of sp³-hybridized carbons (Fsp3) is 0. The normalized spacial score (nSPS) is 11.5. The van der Waals surface area contributed by atoms with Crippen LogP contribution in [0.15, 0.2) is 249 Å². The van der Waals surface area contributed by atoms with Crippen LogP contribution in [0.2, 0.25) is 0 Å². The zero-order chi connectivity index (χ0) is 45.0. The zero-order valence-corrected chi connectivity index (χ0v) is 36.9. The second-order valence-electron chi connectivity index (χ2n) is 17.2. The van der Waals surface area contributed by atoms with Crippen molar-refractivity contribution < 1.29 is 0 Å². The summed E-state index contributed by atoms with van der Waals surface area (Å²) in [6.45, 7) is 0. The fourth-order valence-electron chi connectivity index (χ4n) is 10.0. The average molecular weight is 868 g/mol. The molecule has 0 radical (unpaired) electrons. The summed E-state index contributed by atoms with van der Waals surface area (Å²) < 4.78 is 4.68. The van der Waals surface area contributed by atoms with Gasteiger partial charge in [-0.25, -0.2) is 4.98 Å². The van der Waals surface area contributed by atoms with Crippen LogP contribution < -0.4 is 0 Å². The van der Waals surface area contributed by atoms with Gasteiger partial charge in [0, 0.05) is 38.2 Å². The molecule has 5 heteroatoms. The molecule has 0 fully saturated rings. The molecule has 0 atom stereocenters. The fourth-order valence-corrected chi connectivity index (χ4v) is 10.0. The van der Waals surface area contributed by atoms with Gasteiger partial charge in [-0.1, -0.05) is 206 Å². The highest BCUT2D eigenvalue weighted by Gasteiger charge is 2.24. The summed E-state index contributed by atoms with van der Waals surface area (Å²) >= 11 is 0. The molecule has 3 heterocycles. The number of benzene rings is 10. The molecular weight excluding hydrogens is 827 g/mol. The lowest BCUT2D eigenvalue weighted by atomic mass is 9.97. The third-order valence-electron chi connectivity index (χ3n) is 13.2. The molecular formula is C63H41N5. The van der Waals surface area contributed by atoms with Crippen molar-refractivity contribution in [2.75, 3.05) is 0 Å².